The molecule has 0 aliphatic rings. The molecule has 0 bridgehead atoms. The first-order valence-corrected chi connectivity index (χ1v) is 7.15. The molecule has 0 unspecified atom stereocenters. The molecule has 4 heteroatoms. The van der Waals surface area contributed by atoms with Crippen LogP contribution in [0.5, 0.6) is 0 Å². The normalized spacial score (nSPS) is 10.9. The summed E-state index contributed by atoms with van der Waals surface area (Å²) < 4.78 is 4.87. The molecule has 0 aromatic carbocycles. The Morgan fingerprint density at radius 1 is 0.944 bits per heavy atom. The maximum Gasteiger partial charge on any atom is 0.306 e. The minimum atomic E-state index is -0.758. The van der Waals surface area contributed by atoms with Crippen molar-refractivity contribution in [3.05, 3.63) is 0 Å². The van der Waals surface area contributed by atoms with Crippen LogP contribution in [0.2, 0.25) is 0 Å². The van der Waals surface area contributed by atoms with Crippen molar-refractivity contribution in [3.8, 4) is 0 Å². The van der Waals surface area contributed by atoms with Crippen molar-refractivity contribution >= 4 is 5.97 Å². The van der Waals surface area contributed by atoms with Crippen LogP contribution in [0.3, 0.4) is 0 Å². The van der Waals surface area contributed by atoms with Gasteiger partial charge in [0.25, 0.3) is 0 Å². The minimum absolute atomic E-state index is 0.320. The lowest BCUT2D eigenvalue weighted by Gasteiger charge is -2.12. The van der Waals surface area contributed by atoms with Crippen LogP contribution in [0.15, 0.2) is 0 Å². The van der Waals surface area contributed by atoms with E-state index in [1.165, 1.54) is 38.5 Å². The van der Waals surface area contributed by atoms with Gasteiger partial charge >= 0.3 is 5.97 Å². The smallest absolute Gasteiger partial charge is 0.306 e. The third kappa shape index (κ3) is 10.5. The molecule has 18 heavy (non-hydrogen) atoms. The molecule has 0 atom stereocenters. The number of esters is 1. The lowest BCUT2D eigenvalue weighted by Crippen LogP contribution is -2.25. The van der Waals surface area contributed by atoms with E-state index in [9.17, 15) is 4.79 Å². The highest BCUT2D eigenvalue weighted by molar-refractivity contribution is 5.69. The Morgan fingerprint density at radius 2 is 1.44 bits per heavy atom. The Kier molecular flexibility index (Phi) is 12.4. The maximum atomic E-state index is 11.3. The second-order valence-corrected chi connectivity index (χ2v) is 4.70. The zero-order valence-corrected chi connectivity index (χ0v) is 11.6. The van der Waals surface area contributed by atoms with Crippen LogP contribution in [0.25, 0.3) is 0 Å². The SMILES string of the molecule is CCCCCCCCCCC(=O)OC(CO)CO. The van der Waals surface area contributed by atoms with E-state index in [0.29, 0.717) is 6.42 Å². The van der Waals surface area contributed by atoms with Gasteiger partial charge in [0.2, 0.25) is 0 Å². The molecule has 0 aromatic heterocycles. The Bertz CT molecular complexity index is 190. The fraction of sp³-hybridized carbons (Fsp3) is 0.929. The number of ether oxygens (including phenoxy) is 1. The van der Waals surface area contributed by atoms with Crippen LogP contribution in [-0.2, 0) is 9.53 Å². The van der Waals surface area contributed by atoms with Gasteiger partial charge in [-0.05, 0) is 6.42 Å². The first-order valence-electron chi connectivity index (χ1n) is 7.15. The molecule has 0 spiro atoms. The maximum absolute atomic E-state index is 11.3. The number of hydrogen-bond acceptors (Lipinski definition) is 4. The lowest BCUT2D eigenvalue weighted by atomic mass is 10.1. The number of carbonyl (C=O) groups is 1. The predicted molar refractivity (Wildman–Crippen MR) is 71.3 cm³/mol. The molecule has 0 saturated heterocycles. The van der Waals surface area contributed by atoms with Gasteiger partial charge in [0.1, 0.15) is 6.10 Å². The Morgan fingerprint density at radius 3 is 1.94 bits per heavy atom. The van der Waals surface area contributed by atoms with E-state index in [-0.39, 0.29) is 19.2 Å². The van der Waals surface area contributed by atoms with Gasteiger partial charge in [-0.2, -0.15) is 0 Å². The fourth-order valence-corrected chi connectivity index (χ4v) is 1.78. The average molecular weight is 260 g/mol. The van der Waals surface area contributed by atoms with Crippen LogP contribution < -0.4 is 0 Å². The van der Waals surface area contributed by atoms with Gasteiger partial charge in [0.05, 0.1) is 13.2 Å². The van der Waals surface area contributed by atoms with Crippen LogP contribution in [-0.4, -0.2) is 35.5 Å². The fourth-order valence-electron chi connectivity index (χ4n) is 1.78. The van der Waals surface area contributed by atoms with Gasteiger partial charge < -0.3 is 14.9 Å². The summed E-state index contributed by atoms with van der Waals surface area (Å²) in [5.41, 5.74) is 0. The van der Waals surface area contributed by atoms with E-state index in [1.807, 2.05) is 0 Å². The molecule has 0 fully saturated rings. The van der Waals surface area contributed by atoms with Crippen molar-refractivity contribution in [2.45, 2.75) is 70.8 Å². The van der Waals surface area contributed by atoms with Crippen LogP contribution in [0.1, 0.15) is 64.7 Å². The highest BCUT2D eigenvalue weighted by Gasteiger charge is 2.11. The minimum Gasteiger partial charge on any atom is -0.457 e. The second kappa shape index (κ2) is 12.8. The standard InChI is InChI=1S/C14H28O4/c1-2-3-4-5-6-7-8-9-10-14(17)18-13(11-15)12-16/h13,15-16H,2-12H2,1H3. The van der Waals surface area contributed by atoms with E-state index in [2.05, 4.69) is 6.92 Å². The zero-order valence-electron chi connectivity index (χ0n) is 11.6. The molecule has 0 radical (unpaired) electrons. The van der Waals surface area contributed by atoms with Crippen molar-refractivity contribution in [3.63, 3.8) is 0 Å². The van der Waals surface area contributed by atoms with Gasteiger partial charge in [0.15, 0.2) is 0 Å². The second-order valence-electron chi connectivity index (χ2n) is 4.70. The highest BCUT2D eigenvalue weighted by Crippen LogP contribution is 2.10. The predicted octanol–water partition coefficient (Wildman–Crippen LogP) is 2.41. The average Bonchev–Trinajstić information content (AvgIpc) is 2.39. The topological polar surface area (TPSA) is 66.8 Å². The van der Waals surface area contributed by atoms with Gasteiger partial charge in [-0.15, -0.1) is 0 Å². The summed E-state index contributed by atoms with van der Waals surface area (Å²) in [4.78, 5) is 11.3. The quantitative estimate of drug-likeness (QED) is 0.418. The molecule has 0 heterocycles. The monoisotopic (exact) mass is 260 g/mol. The molecule has 0 aliphatic heterocycles. The van der Waals surface area contributed by atoms with Crippen molar-refractivity contribution in [1.82, 2.24) is 0 Å². The van der Waals surface area contributed by atoms with Crippen molar-refractivity contribution < 1.29 is 19.7 Å². The van der Waals surface area contributed by atoms with Gasteiger partial charge in [-0.25, -0.2) is 0 Å². The summed E-state index contributed by atoms with van der Waals surface area (Å²) in [6, 6.07) is 0. The van der Waals surface area contributed by atoms with Gasteiger partial charge in [-0.1, -0.05) is 51.9 Å². The Hall–Kier alpha value is -0.610. The molecule has 0 aliphatic carbocycles. The Labute approximate surface area is 110 Å². The number of hydrogen-bond donors (Lipinski definition) is 2. The van der Waals surface area contributed by atoms with Gasteiger partial charge in [-0.3, -0.25) is 4.79 Å². The molecule has 2 N–H and O–H groups in total. The first-order chi connectivity index (χ1) is 8.74. The molecule has 0 amide bonds. The number of rotatable bonds is 12. The Balaban J connectivity index is 3.30. The van der Waals surface area contributed by atoms with E-state index in [4.69, 9.17) is 14.9 Å². The van der Waals surface area contributed by atoms with Gasteiger partial charge in [0, 0.05) is 6.42 Å². The zero-order chi connectivity index (χ0) is 13.6. The first kappa shape index (κ1) is 17.4. The van der Waals surface area contributed by atoms with E-state index in [1.54, 1.807) is 0 Å². The number of unbranched alkanes of at least 4 members (excludes halogenated alkanes) is 7. The number of carbonyl (C=O) groups excluding carboxylic acids is 1. The third-order valence-corrected chi connectivity index (χ3v) is 2.94. The highest BCUT2D eigenvalue weighted by atomic mass is 16.6. The summed E-state index contributed by atoms with van der Waals surface area (Å²) in [5.74, 6) is -0.325. The molecule has 0 saturated carbocycles. The van der Waals surface area contributed by atoms with E-state index < -0.39 is 6.10 Å². The number of aliphatic hydroxyl groups is 2. The largest absolute Gasteiger partial charge is 0.457 e. The summed E-state index contributed by atoms with van der Waals surface area (Å²) in [5, 5.41) is 17.5. The molecular weight excluding hydrogens is 232 g/mol. The van der Waals surface area contributed by atoms with Crippen LogP contribution >= 0.6 is 0 Å². The molecule has 4 nitrogen and oxygen atoms in total. The summed E-state index contributed by atoms with van der Waals surface area (Å²) in [6.07, 6.45) is 9.09. The molecule has 108 valence electrons. The van der Waals surface area contributed by atoms with E-state index in [0.717, 1.165) is 12.8 Å². The molecule has 0 rings (SSSR count). The lowest BCUT2D eigenvalue weighted by molar-refractivity contribution is -0.153. The third-order valence-electron chi connectivity index (χ3n) is 2.94. The summed E-state index contributed by atoms with van der Waals surface area (Å²) >= 11 is 0. The summed E-state index contributed by atoms with van der Waals surface area (Å²) in [7, 11) is 0. The van der Waals surface area contributed by atoms with Crippen LogP contribution in [0, 0.1) is 0 Å². The number of aliphatic hydroxyl groups excluding tert-OH is 2. The molecule has 0 aromatic rings. The molecular formula is C14H28O4. The van der Waals surface area contributed by atoms with E-state index >= 15 is 0 Å². The van der Waals surface area contributed by atoms with Crippen molar-refractivity contribution in [2.24, 2.45) is 0 Å². The van der Waals surface area contributed by atoms with Crippen molar-refractivity contribution in [1.29, 1.82) is 0 Å². The van der Waals surface area contributed by atoms with Crippen molar-refractivity contribution in [2.75, 3.05) is 13.2 Å². The summed E-state index contributed by atoms with van der Waals surface area (Å²) in [6.45, 7) is 1.57. The van der Waals surface area contributed by atoms with Crippen LogP contribution in [0.4, 0.5) is 0 Å².